The summed E-state index contributed by atoms with van der Waals surface area (Å²) in [5, 5.41) is 0.571. The van der Waals surface area contributed by atoms with Gasteiger partial charge in [-0.1, -0.05) is 23.2 Å². The van der Waals surface area contributed by atoms with Crippen LogP contribution >= 0.6 is 23.2 Å². The van der Waals surface area contributed by atoms with E-state index in [-0.39, 0.29) is 23.1 Å². The van der Waals surface area contributed by atoms with E-state index in [1.165, 1.54) is 0 Å². The Morgan fingerprint density at radius 2 is 1.89 bits per heavy atom. The summed E-state index contributed by atoms with van der Waals surface area (Å²) in [6.07, 6.45) is 0.0423. The summed E-state index contributed by atoms with van der Waals surface area (Å²) in [4.78, 5) is 14.2. The molecule has 2 rings (SSSR count). The second-order valence-electron chi connectivity index (χ2n) is 4.83. The number of rotatable bonds is 1. The zero-order valence-corrected chi connectivity index (χ0v) is 12.3. The van der Waals surface area contributed by atoms with Crippen LogP contribution in [-0.2, 0) is 4.74 Å². The van der Waals surface area contributed by atoms with E-state index in [4.69, 9.17) is 33.7 Å². The normalized spacial score (nSPS) is 23.5. The zero-order valence-electron chi connectivity index (χ0n) is 10.8. The third kappa shape index (κ3) is 3.14. The van der Waals surface area contributed by atoms with Crippen LogP contribution in [0.25, 0.3) is 0 Å². The molecule has 0 saturated carbocycles. The first-order chi connectivity index (χ1) is 8.88. The van der Waals surface area contributed by atoms with Crippen LogP contribution in [0, 0.1) is 0 Å². The van der Waals surface area contributed by atoms with Gasteiger partial charge in [0.25, 0.3) is 5.91 Å². The van der Waals surface area contributed by atoms with Crippen molar-refractivity contribution in [1.29, 1.82) is 0 Å². The topological polar surface area (TPSA) is 55.6 Å². The lowest BCUT2D eigenvalue weighted by molar-refractivity contribution is -0.0586. The van der Waals surface area contributed by atoms with Crippen molar-refractivity contribution in [2.75, 3.05) is 18.8 Å². The molecule has 0 aliphatic carbocycles. The number of amides is 1. The predicted molar refractivity (Wildman–Crippen MR) is 76.8 cm³/mol. The van der Waals surface area contributed by atoms with E-state index in [1.54, 1.807) is 17.0 Å². The molecule has 1 fully saturated rings. The van der Waals surface area contributed by atoms with Crippen LogP contribution in [0.15, 0.2) is 12.1 Å². The Kier molecular flexibility index (Phi) is 4.23. The van der Waals surface area contributed by atoms with Crippen LogP contribution < -0.4 is 5.73 Å². The number of nitrogens with two attached hydrogens (primary N) is 1. The molecule has 2 atom stereocenters. The molecule has 1 aromatic rings. The second kappa shape index (κ2) is 5.57. The van der Waals surface area contributed by atoms with Crippen molar-refractivity contribution in [2.45, 2.75) is 26.1 Å². The summed E-state index contributed by atoms with van der Waals surface area (Å²) in [5.41, 5.74) is 6.50. The van der Waals surface area contributed by atoms with Gasteiger partial charge in [0, 0.05) is 18.7 Å². The lowest BCUT2D eigenvalue weighted by atomic mass is 10.1. The molecular weight excluding hydrogens is 287 g/mol. The first kappa shape index (κ1) is 14.4. The predicted octanol–water partition coefficient (Wildman–Crippen LogP) is 2.83. The second-order valence-corrected chi connectivity index (χ2v) is 5.61. The minimum absolute atomic E-state index is 0.0211. The maximum atomic E-state index is 12.4. The monoisotopic (exact) mass is 302 g/mol. The molecule has 2 unspecified atom stereocenters. The van der Waals surface area contributed by atoms with Gasteiger partial charge in [0.2, 0.25) is 0 Å². The van der Waals surface area contributed by atoms with Crippen molar-refractivity contribution < 1.29 is 9.53 Å². The fourth-order valence-corrected chi connectivity index (χ4v) is 2.60. The van der Waals surface area contributed by atoms with Gasteiger partial charge in [0.05, 0.1) is 27.9 Å². The van der Waals surface area contributed by atoms with Gasteiger partial charge in [-0.25, -0.2) is 0 Å². The Morgan fingerprint density at radius 3 is 2.42 bits per heavy atom. The SMILES string of the molecule is CC1CN(C(=O)c2cc(N)c(Cl)c(Cl)c2)CC(C)O1. The Morgan fingerprint density at radius 1 is 1.32 bits per heavy atom. The number of carbonyl (C=O) groups is 1. The average Bonchev–Trinajstić information content (AvgIpc) is 2.33. The molecule has 1 heterocycles. The zero-order chi connectivity index (χ0) is 14.2. The summed E-state index contributed by atoms with van der Waals surface area (Å²) in [5.74, 6) is -0.104. The smallest absolute Gasteiger partial charge is 0.254 e. The van der Waals surface area contributed by atoms with Crippen molar-refractivity contribution in [2.24, 2.45) is 0 Å². The molecule has 6 heteroatoms. The highest BCUT2D eigenvalue weighted by molar-refractivity contribution is 6.43. The van der Waals surface area contributed by atoms with Gasteiger partial charge in [-0.3, -0.25) is 4.79 Å². The molecule has 4 nitrogen and oxygen atoms in total. The number of nitrogen functional groups attached to an aromatic ring is 1. The fraction of sp³-hybridized carbons (Fsp3) is 0.462. The van der Waals surface area contributed by atoms with Crippen LogP contribution in [0.1, 0.15) is 24.2 Å². The van der Waals surface area contributed by atoms with Crippen molar-refractivity contribution in [3.8, 4) is 0 Å². The van der Waals surface area contributed by atoms with Crippen LogP contribution in [0.3, 0.4) is 0 Å². The first-order valence-electron chi connectivity index (χ1n) is 6.07. The molecule has 104 valence electrons. The number of ether oxygens (including phenoxy) is 1. The highest BCUT2D eigenvalue weighted by atomic mass is 35.5. The van der Waals surface area contributed by atoms with E-state index in [9.17, 15) is 4.79 Å². The molecule has 0 spiro atoms. The average molecular weight is 303 g/mol. The molecule has 0 aromatic heterocycles. The summed E-state index contributed by atoms with van der Waals surface area (Å²) in [6, 6.07) is 3.11. The molecule has 1 amide bonds. The Hall–Kier alpha value is -0.970. The van der Waals surface area contributed by atoms with Gasteiger partial charge >= 0.3 is 0 Å². The number of halogens is 2. The van der Waals surface area contributed by atoms with Gasteiger partial charge < -0.3 is 15.4 Å². The molecule has 1 aliphatic heterocycles. The number of nitrogens with zero attached hydrogens (tertiary/aromatic N) is 1. The van der Waals surface area contributed by atoms with Crippen molar-refractivity contribution in [3.05, 3.63) is 27.7 Å². The van der Waals surface area contributed by atoms with Gasteiger partial charge in [0.15, 0.2) is 0 Å². The number of carbonyl (C=O) groups excluding carboxylic acids is 1. The molecule has 1 saturated heterocycles. The maximum Gasteiger partial charge on any atom is 0.254 e. The molecule has 19 heavy (non-hydrogen) atoms. The number of anilines is 1. The van der Waals surface area contributed by atoms with E-state index in [2.05, 4.69) is 0 Å². The van der Waals surface area contributed by atoms with Crippen LogP contribution in [0.4, 0.5) is 5.69 Å². The van der Waals surface area contributed by atoms with E-state index in [0.717, 1.165) is 0 Å². The van der Waals surface area contributed by atoms with E-state index < -0.39 is 0 Å². The minimum atomic E-state index is -0.104. The Balaban J connectivity index is 2.24. The van der Waals surface area contributed by atoms with Gasteiger partial charge in [-0.2, -0.15) is 0 Å². The molecule has 0 bridgehead atoms. The summed E-state index contributed by atoms with van der Waals surface area (Å²) >= 11 is 11.8. The molecule has 2 N–H and O–H groups in total. The van der Waals surface area contributed by atoms with Crippen molar-refractivity contribution in [1.82, 2.24) is 4.90 Å². The summed E-state index contributed by atoms with van der Waals surface area (Å²) < 4.78 is 5.60. The molecule has 1 aliphatic rings. The van der Waals surface area contributed by atoms with Crippen molar-refractivity contribution >= 4 is 34.8 Å². The van der Waals surface area contributed by atoms with Crippen molar-refractivity contribution in [3.63, 3.8) is 0 Å². The summed E-state index contributed by atoms with van der Waals surface area (Å²) in [6.45, 7) is 5.00. The number of morpholine rings is 1. The largest absolute Gasteiger partial charge is 0.397 e. The third-order valence-corrected chi connectivity index (χ3v) is 3.83. The van der Waals surface area contributed by atoms with Crippen LogP contribution in [0.2, 0.25) is 10.0 Å². The lowest BCUT2D eigenvalue weighted by Gasteiger charge is -2.35. The minimum Gasteiger partial charge on any atom is -0.397 e. The number of benzene rings is 1. The van der Waals surface area contributed by atoms with Gasteiger partial charge in [-0.05, 0) is 26.0 Å². The standard InChI is InChI=1S/C13H16Cl2N2O2/c1-7-5-17(6-8(2)19-7)13(18)9-3-10(14)12(15)11(16)4-9/h3-4,7-8H,5-6,16H2,1-2H3. The van der Waals surface area contributed by atoms with E-state index >= 15 is 0 Å². The van der Waals surface area contributed by atoms with E-state index in [1.807, 2.05) is 13.8 Å². The fourth-order valence-electron chi connectivity index (χ4n) is 2.26. The number of hydrogen-bond acceptors (Lipinski definition) is 3. The third-order valence-electron chi connectivity index (χ3n) is 3.01. The van der Waals surface area contributed by atoms with Gasteiger partial charge in [0.1, 0.15) is 0 Å². The Labute approximate surface area is 122 Å². The number of hydrogen-bond donors (Lipinski definition) is 1. The van der Waals surface area contributed by atoms with Crippen LogP contribution in [-0.4, -0.2) is 36.1 Å². The highest BCUT2D eigenvalue weighted by Crippen LogP contribution is 2.30. The highest BCUT2D eigenvalue weighted by Gasteiger charge is 2.27. The maximum absolute atomic E-state index is 12.4. The molecule has 1 aromatic carbocycles. The first-order valence-corrected chi connectivity index (χ1v) is 6.83. The van der Waals surface area contributed by atoms with Gasteiger partial charge in [-0.15, -0.1) is 0 Å². The quantitative estimate of drug-likeness (QED) is 0.812. The molecule has 0 radical (unpaired) electrons. The lowest BCUT2D eigenvalue weighted by Crippen LogP contribution is -2.48. The summed E-state index contributed by atoms with van der Waals surface area (Å²) in [7, 11) is 0. The van der Waals surface area contributed by atoms with E-state index in [0.29, 0.717) is 29.4 Å². The molecular formula is C13H16Cl2N2O2. The Bertz CT molecular complexity index is 474. The van der Waals surface area contributed by atoms with Crippen LogP contribution in [0.5, 0.6) is 0 Å².